The van der Waals surface area contributed by atoms with E-state index in [4.69, 9.17) is 17.0 Å². The number of aromatic nitrogens is 1. The van der Waals surface area contributed by atoms with Crippen molar-refractivity contribution >= 4 is 39.4 Å². The fourth-order valence-corrected chi connectivity index (χ4v) is 12.7. The Labute approximate surface area is 130 Å². The Morgan fingerprint density at radius 1 is 1.15 bits per heavy atom. The molecule has 1 aromatic heterocycles. The van der Waals surface area contributed by atoms with Gasteiger partial charge < -0.3 is 8.97 Å². The number of hydrogen-bond donors (Lipinski definition) is 0. The smallest absolute Gasteiger partial charge is 0.210 e. The Bertz CT molecular complexity index is 450. The van der Waals surface area contributed by atoms with Gasteiger partial charge in [-0.1, -0.05) is 39.3 Å². The molecule has 0 aliphatic carbocycles. The van der Waals surface area contributed by atoms with Gasteiger partial charge in [0, 0.05) is 11.9 Å². The first-order chi connectivity index (χ1) is 9.07. The Morgan fingerprint density at radius 2 is 1.70 bits per heavy atom. The fraction of sp³-hybridized carbons (Fsp3) is 0.571. The van der Waals surface area contributed by atoms with Crippen LogP contribution in [0.15, 0.2) is 18.3 Å². The maximum absolute atomic E-state index is 5.34. The highest BCUT2D eigenvalue weighted by molar-refractivity contribution is 7.80. The molecule has 3 nitrogen and oxygen atoms in total. The van der Waals surface area contributed by atoms with Crippen LogP contribution in [0.1, 0.15) is 12.6 Å². The minimum Gasteiger partial charge on any atom is -0.482 e. The van der Waals surface area contributed by atoms with E-state index in [1.165, 1.54) is 5.69 Å². The van der Waals surface area contributed by atoms with E-state index in [-0.39, 0.29) is 0 Å². The topological polar surface area (TPSA) is 25.4 Å². The largest absolute Gasteiger partial charge is 0.482 e. The molecule has 0 bridgehead atoms. The molecule has 0 aromatic carbocycles. The molecule has 0 aliphatic rings. The molecule has 0 amide bonds. The molecule has 0 unspecified atom stereocenters. The zero-order valence-electron chi connectivity index (χ0n) is 13.7. The van der Waals surface area contributed by atoms with Gasteiger partial charge in [0.25, 0.3) is 0 Å². The summed E-state index contributed by atoms with van der Waals surface area (Å²) in [6, 6.07) is 4.10. The van der Waals surface area contributed by atoms with E-state index in [2.05, 4.69) is 54.6 Å². The van der Waals surface area contributed by atoms with Crippen LogP contribution in [0.4, 0.5) is 5.69 Å². The number of hydrogen-bond acceptors (Lipinski definition) is 4. The molecular weight excluding hydrogens is 300 g/mol. The third-order valence-corrected chi connectivity index (χ3v) is 10.4. The first-order valence-corrected chi connectivity index (χ1v) is 14.3. The van der Waals surface area contributed by atoms with E-state index in [9.17, 15) is 0 Å². The Hall–Kier alpha value is -0.726. The van der Waals surface area contributed by atoms with Gasteiger partial charge in [0.1, 0.15) is 22.2 Å². The van der Waals surface area contributed by atoms with Crippen molar-refractivity contribution in [2.75, 3.05) is 10.8 Å². The van der Waals surface area contributed by atoms with Crippen LogP contribution in [0.5, 0.6) is 0 Å². The third kappa shape index (κ3) is 4.39. The zero-order chi connectivity index (χ0) is 15.6. The standard InChI is InChI=1S/C14H26N2OSSi2/c1-8-17-14(18)13-10-9-12(11-15-13)16(19(2,3)4)20(5,6)7/h9-11H,8H2,1-7H3. The number of nitrogens with zero attached hydrogens (tertiary/aromatic N) is 2. The van der Waals surface area contributed by atoms with Crippen LogP contribution in [0, 0.1) is 0 Å². The van der Waals surface area contributed by atoms with Gasteiger partial charge >= 0.3 is 0 Å². The molecule has 112 valence electrons. The van der Waals surface area contributed by atoms with Crippen molar-refractivity contribution in [1.82, 2.24) is 4.98 Å². The summed E-state index contributed by atoms with van der Waals surface area (Å²) in [5.74, 6) is 0. The highest BCUT2D eigenvalue weighted by Crippen LogP contribution is 2.27. The molecule has 1 heterocycles. The normalized spacial score (nSPS) is 12.2. The summed E-state index contributed by atoms with van der Waals surface area (Å²) in [5, 5.41) is 0.478. The second kappa shape index (κ2) is 6.36. The van der Waals surface area contributed by atoms with Crippen molar-refractivity contribution in [2.45, 2.75) is 46.2 Å². The molecular formula is C14H26N2OSSi2. The maximum Gasteiger partial charge on any atom is 0.210 e. The quantitative estimate of drug-likeness (QED) is 0.596. The van der Waals surface area contributed by atoms with Crippen LogP contribution in [0.3, 0.4) is 0 Å². The maximum atomic E-state index is 5.34. The molecule has 1 rings (SSSR count). The lowest BCUT2D eigenvalue weighted by Gasteiger charge is -2.45. The molecule has 0 atom stereocenters. The predicted molar refractivity (Wildman–Crippen MR) is 96.7 cm³/mol. The van der Waals surface area contributed by atoms with E-state index >= 15 is 0 Å². The molecule has 0 saturated carbocycles. The number of thiocarbonyl (C=S) groups is 1. The second-order valence-corrected chi connectivity index (χ2v) is 17.2. The SMILES string of the molecule is CCOC(=S)c1ccc(N([Si](C)(C)C)[Si](C)(C)C)cn1. The van der Waals surface area contributed by atoms with E-state index in [0.29, 0.717) is 11.7 Å². The molecule has 0 saturated heterocycles. The first kappa shape index (κ1) is 17.3. The van der Waals surface area contributed by atoms with Crippen molar-refractivity contribution < 1.29 is 4.74 Å². The molecule has 6 heteroatoms. The van der Waals surface area contributed by atoms with Crippen LogP contribution in [-0.2, 0) is 4.74 Å². The summed E-state index contributed by atoms with van der Waals surface area (Å²) in [7, 11) is -2.86. The van der Waals surface area contributed by atoms with Crippen molar-refractivity contribution in [3.05, 3.63) is 24.0 Å². The number of pyridine rings is 1. The average molecular weight is 327 g/mol. The number of ether oxygens (including phenoxy) is 1. The lowest BCUT2D eigenvalue weighted by molar-refractivity contribution is 0.336. The molecule has 0 fully saturated rings. The van der Waals surface area contributed by atoms with Gasteiger partial charge in [-0.25, -0.2) is 4.98 Å². The van der Waals surface area contributed by atoms with Crippen LogP contribution in [0.2, 0.25) is 39.3 Å². The van der Waals surface area contributed by atoms with Crippen LogP contribution in [0.25, 0.3) is 0 Å². The minimum absolute atomic E-state index is 0.478. The number of rotatable bonds is 5. The third-order valence-electron chi connectivity index (χ3n) is 2.83. The monoisotopic (exact) mass is 326 g/mol. The molecule has 0 spiro atoms. The Kier molecular flexibility index (Phi) is 5.51. The fourth-order valence-electron chi connectivity index (χ4n) is 2.62. The predicted octanol–water partition coefficient (Wildman–Crippen LogP) is 4.27. The second-order valence-electron chi connectivity index (χ2n) is 6.80. The molecule has 0 radical (unpaired) electrons. The van der Waals surface area contributed by atoms with Crippen molar-refractivity contribution in [1.29, 1.82) is 0 Å². The highest BCUT2D eigenvalue weighted by atomic mass is 32.1. The summed E-state index contributed by atoms with van der Waals surface area (Å²) < 4.78 is 7.97. The highest BCUT2D eigenvalue weighted by Gasteiger charge is 2.34. The van der Waals surface area contributed by atoms with Crippen LogP contribution < -0.4 is 4.23 Å². The molecule has 0 N–H and O–H groups in total. The van der Waals surface area contributed by atoms with Gasteiger partial charge in [-0.2, -0.15) is 0 Å². The van der Waals surface area contributed by atoms with Gasteiger partial charge in [0.15, 0.2) is 0 Å². The lowest BCUT2D eigenvalue weighted by Crippen LogP contribution is -2.59. The lowest BCUT2D eigenvalue weighted by atomic mass is 10.3. The Morgan fingerprint density at radius 3 is 2.05 bits per heavy atom. The van der Waals surface area contributed by atoms with Crippen molar-refractivity contribution in [2.24, 2.45) is 0 Å². The summed E-state index contributed by atoms with van der Waals surface area (Å²) in [6.45, 7) is 16.8. The summed E-state index contributed by atoms with van der Waals surface area (Å²) in [5.41, 5.74) is 1.96. The molecule has 1 aromatic rings. The molecule has 20 heavy (non-hydrogen) atoms. The Balaban J connectivity index is 3.10. The van der Waals surface area contributed by atoms with Gasteiger partial charge in [0.05, 0.1) is 6.61 Å². The van der Waals surface area contributed by atoms with Gasteiger partial charge in [0.2, 0.25) is 5.05 Å². The van der Waals surface area contributed by atoms with E-state index in [1.54, 1.807) is 0 Å². The summed E-state index contributed by atoms with van der Waals surface area (Å²) >= 11 is 5.19. The average Bonchev–Trinajstić information content (AvgIpc) is 2.26. The van der Waals surface area contributed by atoms with Gasteiger partial charge in [-0.05, 0) is 31.3 Å². The van der Waals surface area contributed by atoms with E-state index < -0.39 is 16.5 Å². The van der Waals surface area contributed by atoms with Gasteiger partial charge in [-0.3, -0.25) is 0 Å². The summed E-state index contributed by atoms with van der Waals surface area (Å²) in [6.07, 6.45) is 1.94. The van der Waals surface area contributed by atoms with Gasteiger partial charge in [-0.15, -0.1) is 0 Å². The van der Waals surface area contributed by atoms with Crippen LogP contribution >= 0.6 is 12.2 Å². The van der Waals surface area contributed by atoms with Crippen LogP contribution in [-0.4, -0.2) is 33.1 Å². The zero-order valence-corrected chi connectivity index (χ0v) is 16.5. The van der Waals surface area contributed by atoms with E-state index in [0.717, 1.165) is 5.69 Å². The molecule has 0 aliphatic heterocycles. The first-order valence-electron chi connectivity index (χ1n) is 7.01. The van der Waals surface area contributed by atoms with Crippen molar-refractivity contribution in [3.8, 4) is 0 Å². The van der Waals surface area contributed by atoms with Crippen molar-refractivity contribution in [3.63, 3.8) is 0 Å². The number of anilines is 1. The minimum atomic E-state index is -1.43. The summed E-state index contributed by atoms with van der Waals surface area (Å²) in [4.78, 5) is 4.48. The van der Waals surface area contributed by atoms with E-state index in [1.807, 2.05) is 19.2 Å².